The van der Waals surface area contributed by atoms with Gasteiger partial charge in [0.05, 0.1) is 30.4 Å². The number of pyridine rings is 3. The van der Waals surface area contributed by atoms with Gasteiger partial charge in [0.15, 0.2) is 0 Å². The number of amides is 1. The molecule has 0 radical (unpaired) electrons. The van der Waals surface area contributed by atoms with Gasteiger partial charge in [-0.1, -0.05) is 24.3 Å². The van der Waals surface area contributed by atoms with E-state index >= 15 is 0 Å². The van der Waals surface area contributed by atoms with Gasteiger partial charge in [0.1, 0.15) is 0 Å². The Hall–Kier alpha value is -3.80. The molecule has 0 N–H and O–H groups in total. The molecule has 0 saturated heterocycles. The van der Waals surface area contributed by atoms with Crippen molar-refractivity contribution in [1.82, 2.24) is 19.9 Å². The molecule has 0 unspecified atom stereocenters. The van der Waals surface area contributed by atoms with Crippen LogP contribution in [0.4, 0.5) is 0 Å². The van der Waals surface area contributed by atoms with Crippen molar-refractivity contribution in [3.05, 3.63) is 83.9 Å². The second-order valence-electron chi connectivity index (χ2n) is 7.24. The van der Waals surface area contributed by atoms with Gasteiger partial charge < -0.3 is 9.64 Å². The van der Waals surface area contributed by atoms with Gasteiger partial charge in [0.25, 0.3) is 5.91 Å². The quantitative estimate of drug-likeness (QED) is 0.512. The molecular formula is C24H20N4O2. The van der Waals surface area contributed by atoms with Crippen LogP contribution < -0.4 is 4.74 Å². The monoisotopic (exact) mass is 396 g/mol. The summed E-state index contributed by atoms with van der Waals surface area (Å²) >= 11 is 0. The lowest BCUT2D eigenvalue weighted by molar-refractivity contribution is 0.0780. The number of hydrogen-bond donors (Lipinski definition) is 0. The molecule has 0 spiro atoms. The van der Waals surface area contributed by atoms with Crippen molar-refractivity contribution in [3.63, 3.8) is 0 Å². The first-order valence-electron chi connectivity index (χ1n) is 9.85. The van der Waals surface area contributed by atoms with Crippen LogP contribution in [-0.2, 0) is 13.0 Å². The standard InChI is InChI=1S/C24H20N4O2/c1-30-22-14-17(8-11-26-22)19-9-12-25-21-15-28(24(29)23(19)21)13-10-18-7-6-16-4-2-3-5-20(16)27-18/h2-9,11-12,14H,10,13,15H2,1H3. The fourth-order valence-corrected chi connectivity index (χ4v) is 3.88. The highest BCUT2D eigenvalue weighted by atomic mass is 16.5. The van der Waals surface area contributed by atoms with Crippen molar-refractivity contribution in [2.45, 2.75) is 13.0 Å². The third kappa shape index (κ3) is 3.26. The van der Waals surface area contributed by atoms with Gasteiger partial charge in [-0.3, -0.25) is 14.8 Å². The summed E-state index contributed by atoms with van der Waals surface area (Å²) in [7, 11) is 1.58. The van der Waals surface area contributed by atoms with E-state index in [9.17, 15) is 4.79 Å². The molecule has 1 aliphatic heterocycles. The number of fused-ring (bicyclic) bond motifs is 2. The van der Waals surface area contributed by atoms with Crippen LogP contribution in [0, 0.1) is 0 Å². The highest BCUT2D eigenvalue weighted by molar-refractivity contribution is 6.04. The third-order valence-corrected chi connectivity index (χ3v) is 5.42. The predicted molar refractivity (Wildman–Crippen MR) is 114 cm³/mol. The van der Waals surface area contributed by atoms with Gasteiger partial charge in [0.2, 0.25) is 5.88 Å². The number of para-hydroxylation sites is 1. The number of benzene rings is 1. The Kier molecular flexibility index (Phi) is 4.59. The van der Waals surface area contributed by atoms with E-state index in [4.69, 9.17) is 9.72 Å². The molecule has 5 rings (SSSR count). The minimum atomic E-state index is 0.00432. The number of hydrogen-bond acceptors (Lipinski definition) is 5. The van der Waals surface area contributed by atoms with Crippen molar-refractivity contribution in [3.8, 4) is 17.0 Å². The lowest BCUT2D eigenvalue weighted by Gasteiger charge is -2.15. The van der Waals surface area contributed by atoms with E-state index in [1.165, 1.54) is 0 Å². The Morgan fingerprint density at radius 2 is 1.90 bits per heavy atom. The van der Waals surface area contributed by atoms with Crippen LogP contribution in [0.3, 0.4) is 0 Å². The number of aromatic nitrogens is 3. The fraction of sp³-hybridized carbons (Fsp3) is 0.167. The lowest BCUT2D eigenvalue weighted by Crippen LogP contribution is -2.26. The molecular weight excluding hydrogens is 376 g/mol. The summed E-state index contributed by atoms with van der Waals surface area (Å²) in [6, 6.07) is 17.8. The largest absolute Gasteiger partial charge is 0.481 e. The van der Waals surface area contributed by atoms with Crippen molar-refractivity contribution in [2.75, 3.05) is 13.7 Å². The van der Waals surface area contributed by atoms with E-state index in [0.717, 1.165) is 33.4 Å². The van der Waals surface area contributed by atoms with E-state index in [-0.39, 0.29) is 5.91 Å². The SMILES string of the molecule is COc1cc(-c2ccnc3c2C(=O)N(CCc2ccc4ccccc4n2)C3)ccn1. The molecule has 0 fully saturated rings. The maximum absolute atomic E-state index is 13.2. The van der Waals surface area contributed by atoms with Crippen molar-refractivity contribution < 1.29 is 9.53 Å². The molecule has 148 valence electrons. The van der Waals surface area contributed by atoms with Gasteiger partial charge in [-0.25, -0.2) is 4.98 Å². The average Bonchev–Trinajstić information content (AvgIpc) is 3.13. The highest BCUT2D eigenvalue weighted by Crippen LogP contribution is 2.32. The number of carbonyl (C=O) groups is 1. The number of carbonyl (C=O) groups excluding carboxylic acids is 1. The Labute approximate surface area is 174 Å². The molecule has 4 heterocycles. The van der Waals surface area contributed by atoms with E-state index in [1.54, 1.807) is 19.5 Å². The summed E-state index contributed by atoms with van der Waals surface area (Å²) in [5, 5.41) is 1.12. The Morgan fingerprint density at radius 3 is 2.80 bits per heavy atom. The zero-order valence-corrected chi connectivity index (χ0v) is 16.6. The zero-order chi connectivity index (χ0) is 20.5. The summed E-state index contributed by atoms with van der Waals surface area (Å²) in [4.78, 5) is 28.4. The highest BCUT2D eigenvalue weighted by Gasteiger charge is 2.31. The molecule has 1 aliphatic rings. The zero-order valence-electron chi connectivity index (χ0n) is 16.6. The summed E-state index contributed by atoms with van der Waals surface area (Å²) in [6.45, 7) is 1.11. The number of methoxy groups -OCH3 is 1. The lowest BCUT2D eigenvalue weighted by atomic mass is 10.0. The van der Waals surface area contributed by atoms with E-state index in [1.807, 2.05) is 53.4 Å². The number of rotatable bonds is 5. The van der Waals surface area contributed by atoms with E-state index in [2.05, 4.69) is 16.0 Å². The molecule has 4 aromatic rings. The third-order valence-electron chi connectivity index (χ3n) is 5.42. The number of ether oxygens (including phenoxy) is 1. The molecule has 6 heteroatoms. The van der Waals surface area contributed by atoms with Gasteiger partial charge in [-0.15, -0.1) is 0 Å². The first kappa shape index (κ1) is 18.2. The average molecular weight is 396 g/mol. The minimum Gasteiger partial charge on any atom is -0.481 e. The van der Waals surface area contributed by atoms with Crippen LogP contribution in [-0.4, -0.2) is 39.4 Å². The second kappa shape index (κ2) is 7.55. The van der Waals surface area contributed by atoms with Crippen LogP contribution in [0.2, 0.25) is 0 Å². The minimum absolute atomic E-state index is 0.00432. The summed E-state index contributed by atoms with van der Waals surface area (Å²) in [5.41, 5.74) is 5.17. The molecule has 1 amide bonds. The van der Waals surface area contributed by atoms with Crippen LogP contribution in [0.25, 0.3) is 22.0 Å². The van der Waals surface area contributed by atoms with Crippen molar-refractivity contribution >= 4 is 16.8 Å². The van der Waals surface area contributed by atoms with Crippen LogP contribution in [0.5, 0.6) is 5.88 Å². The summed E-state index contributed by atoms with van der Waals surface area (Å²) in [5.74, 6) is 0.521. The fourth-order valence-electron chi connectivity index (χ4n) is 3.88. The van der Waals surface area contributed by atoms with Crippen LogP contribution in [0.15, 0.2) is 67.0 Å². The Balaban J connectivity index is 1.38. The molecule has 0 aliphatic carbocycles. The van der Waals surface area contributed by atoms with Crippen molar-refractivity contribution in [1.29, 1.82) is 0 Å². The number of nitrogens with zero attached hydrogens (tertiary/aromatic N) is 4. The maximum Gasteiger partial charge on any atom is 0.256 e. The van der Waals surface area contributed by atoms with Crippen LogP contribution >= 0.6 is 0 Å². The van der Waals surface area contributed by atoms with Gasteiger partial charge >= 0.3 is 0 Å². The van der Waals surface area contributed by atoms with Crippen LogP contribution in [0.1, 0.15) is 21.7 Å². The normalized spacial score (nSPS) is 13.0. The molecule has 3 aromatic heterocycles. The molecule has 30 heavy (non-hydrogen) atoms. The predicted octanol–water partition coefficient (Wildman–Crippen LogP) is 3.90. The van der Waals surface area contributed by atoms with Gasteiger partial charge in [-0.2, -0.15) is 0 Å². The first-order valence-corrected chi connectivity index (χ1v) is 9.85. The molecule has 6 nitrogen and oxygen atoms in total. The summed E-state index contributed by atoms with van der Waals surface area (Å²) < 4.78 is 5.23. The smallest absolute Gasteiger partial charge is 0.256 e. The molecule has 0 bridgehead atoms. The van der Waals surface area contributed by atoms with Gasteiger partial charge in [-0.05, 0) is 35.4 Å². The maximum atomic E-state index is 13.2. The van der Waals surface area contributed by atoms with Gasteiger partial charge in [0, 0.05) is 42.5 Å². The summed E-state index contributed by atoms with van der Waals surface area (Å²) in [6.07, 6.45) is 4.13. The van der Waals surface area contributed by atoms with Crippen molar-refractivity contribution in [2.24, 2.45) is 0 Å². The first-order chi connectivity index (χ1) is 14.7. The van der Waals surface area contributed by atoms with E-state index < -0.39 is 0 Å². The molecule has 0 saturated carbocycles. The Morgan fingerprint density at radius 1 is 1.03 bits per heavy atom. The molecule has 1 aromatic carbocycles. The second-order valence-corrected chi connectivity index (χ2v) is 7.24. The molecule has 0 atom stereocenters. The Bertz CT molecular complexity index is 1250. The topological polar surface area (TPSA) is 68.2 Å². The van der Waals surface area contributed by atoms with E-state index in [0.29, 0.717) is 31.0 Å².